The first-order valence-corrected chi connectivity index (χ1v) is 10.5. The number of aromatic nitrogens is 2. The maximum atomic E-state index is 12.6. The number of benzene rings is 2. The number of fused-ring (bicyclic) bond motifs is 1. The van der Waals surface area contributed by atoms with Crippen LogP contribution in [0.4, 0.5) is 5.69 Å². The Morgan fingerprint density at radius 2 is 2.00 bits per heavy atom. The van der Waals surface area contributed by atoms with Crippen molar-refractivity contribution < 1.29 is 14.3 Å². The van der Waals surface area contributed by atoms with E-state index < -0.39 is 0 Å². The second-order valence-electron chi connectivity index (χ2n) is 6.88. The second-order valence-corrected chi connectivity index (χ2v) is 7.85. The summed E-state index contributed by atoms with van der Waals surface area (Å²) in [5.74, 6) is 0.683. The smallest absolute Gasteiger partial charge is 0.240 e. The molecule has 2 amide bonds. The molecule has 4 rings (SSSR count). The number of para-hydroxylation sites is 1. The highest BCUT2D eigenvalue weighted by Gasteiger charge is 2.32. The molecule has 8 heteroatoms. The number of rotatable bonds is 6. The van der Waals surface area contributed by atoms with Gasteiger partial charge in [0.05, 0.1) is 29.9 Å². The Morgan fingerprint density at radius 3 is 2.77 bits per heavy atom. The van der Waals surface area contributed by atoms with Crippen LogP contribution in [0.15, 0.2) is 59.6 Å². The molecule has 0 aliphatic carbocycles. The van der Waals surface area contributed by atoms with Gasteiger partial charge in [0.25, 0.3) is 0 Å². The van der Waals surface area contributed by atoms with Gasteiger partial charge in [-0.15, -0.1) is 0 Å². The summed E-state index contributed by atoms with van der Waals surface area (Å²) in [6.07, 6.45) is 0. The van der Waals surface area contributed by atoms with E-state index >= 15 is 0 Å². The van der Waals surface area contributed by atoms with Crippen molar-refractivity contribution in [1.29, 1.82) is 0 Å². The molecule has 2 aromatic carbocycles. The van der Waals surface area contributed by atoms with E-state index in [9.17, 15) is 9.59 Å². The molecule has 7 nitrogen and oxygen atoms in total. The van der Waals surface area contributed by atoms with Crippen molar-refractivity contribution in [3.8, 4) is 11.4 Å². The van der Waals surface area contributed by atoms with Gasteiger partial charge in [0, 0.05) is 6.54 Å². The number of hydrogen-bond donors (Lipinski definition) is 1. The van der Waals surface area contributed by atoms with E-state index in [1.165, 1.54) is 16.7 Å². The van der Waals surface area contributed by atoms with Crippen LogP contribution in [0.2, 0.25) is 0 Å². The van der Waals surface area contributed by atoms with E-state index in [1.807, 2.05) is 66.2 Å². The number of methoxy groups -OCH3 is 1. The van der Waals surface area contributed by atoms with Gasteiger partial charge in [0.2, 0.25) is 11.8 Å². The minimum Gasteiger partial charge on any atom is -0.497 e. The van der Waals surface area contributed by atoms with Crippen molar-refractivity contribution in [3.63, 3.8) is 0 Å². The molecule has 1 N–H and O–H groups in total. The molecule has 30 heavy (non-hydrogen) atoms. The van der Waals surface area contributed by atoms with Gasteiger partial charge < -0.3 is 10.1 Å². The van der Waals surface area contributed by atoms with Crippen molar-refractivity contribution in [2.24, 2.45) is 0 Å². The average Bonchev–Trinajstić information content (AvgIpc) is 3.11. The van der Waals surface area contributed by atoms with Crippen LogP contribution < -0.4 is 15.0 Å². The van der Waals surface area contributed by atoms with Crippen LogP contribution in [0, 0.1) is 6.92 Å². The summed E-state index contributed by atoms with van der Waals surface area (Å²) in [5.41, 5.74) is 3.27. The molecule has 3 aromatic rings. The third-order valence-electron chi connectivity index (χ3n) is 4.82. The molecule has 2 heterocycles. The molecule has 0 bridgehead atoms. The first-order chi connectivity index (χ1) is 14.6. The van der Waals surface area contributed by atoms with Crippen molar-refractivity contribution in [1.82, 2.24) is 15.1 Å². The standard InChI is InChI=1S/C22H22N4O3S/c1-15-21-22(26(24-15)17-8-4-3-5-9-17)30-14-20(28)25(21)13-19(27)23-12-16-7-6-10-18(11-16)29-2/h3-11H,12-14H2,1-2H3,(H,23,27). The van der Waals surface area contributed by atoms with Gasteiger partial charge in [-0.25, -0.2) is 4.68 Å². The van der Waals surface area contributed by atoms with Crippen LogP contribution in [0.3, 0.4) is 0 Å². The summed E-state index contributed by atoms with van der Waals surface area (Å²) in [5, 5.41) is 8.38. The van der Waals surface area contributed by atoms with Crippen molar-refractivity contribution in [3.05, 3.63) is 65.9 Å². The molecule has 154 valence electrons. The number of nitrogens with one attached hydrogen (secondary N) is 1. The van der Waals surface area contributed by atoms with Crippen molar-refractivity contribution >= 4 is 29.3 Å². The zero-order chi connectivity index (χ0) is 21.1. The summed E-state index contributed by atoms with van der Waals surface area (Å²) in [4.78, 5) is 26.8. The maximum absolute atomic E-state index is 12.6. The second kappa shape index (κ2) is 8.62. The Kier molecular flexibility index (Phi) is 5.76. The van der Waals surface area contributed by atoms with Crippen LogP contribution in [0.1, 0.15) is 11.3 Å². The number of ether oxygens (including phenoxy) is 1. The van der Waals surface area contributed by atoms with E-state index in [2.05, 4.69) is 10.4 Å². The molecule has 1 aliphatic heterocycles. The van der Waals surface area contributed by atoms with E-state index in [4.69, 9.17) is 4.74 Å². The minimum absolute atomic E-state index is 0.0440. The Hall–Kier alpha value is -3.26. The number of hydrogen-bond acceptors (Lipinski definition) is 5. The molecule has 1 aromatic heterocycles. The van der Waals surface area contributed by atoms with E-state index in [0.29, 0.717) is 12.2 Å². The number of amides is 2. The monoisotopic (exact) mass is 422 g/mol. The molecule has 0 saturated heterocycles. The summed E-state index contributed by atoms with van der Waals surface area (Å²) < 4.78 is 7.05. The SMILES string of the molecule is COc1cccc(CNC(=O)CN2C(=O)CSc3c2c(C)nn3-c2ccccc2)c1. The lowest BCUT2D eigenvalue weighted by Crippen LogP contribution is -2.43. The predicted molar refractivity (Wildman–Crippen MR) is 116 cm³/mol. The number of carbonyl (C=O) groups is 2. The lowest BCUT2D eigenvalue weighted by Gasteiger charge is -2.27. The quantitative estimate of drug-likeness (QED) is 0.661. The lowest BCUT2D eigenvalue weighted by molar-refractivity contribution is -0.123. The summed E-state index contributed by atoms with van der Waals surface area (Å²) in [6, 6.07) is 17.3. The summed E-state index contributed by atoms with van der Waals surface area (Å²) in [6.45, 7) is 2.18. The lowest BCUT2D eigenvalue weighted by atomic mass is 10.2. The fourth-order valence-electron chi connectivity index (χ4n) is 3.36. The van der Waals surface area contributed by atoms with Crippen LogP contribution in [-0.4, -0.2) is 41.0 Å². The fraction of sp³-hybridized carbons (Fsp3) is 0.227. The van der Waals surface area contributed by atoms with Gasteiger partial charge in [-0.2, -0.15) is 5.10 Å². The number of anilines is 1. The molecule has 0 unspecified atom stereocenters. The maximum Gasteiger partial charge on any atom is 0.240 e. The highest BCUT2D eigenvalue weighted by Crippen LogP contribution is 2.39. The largest absolute Gasteiger partial charge is 0.497 e. The van der Waals surface area contributed by atoms with Crippen LogP contribution in [-0.2, 0) is 16.1 Å². The van der Waals surface area contributed by atoms with Gasteiger partial charge in [0.15, 0.2) is 0 Å². The Balaban J connectivity index is 1.52. The first kappa shape index (κ1) is 20.0. The highest BCUT2D eigenvalue weighted by atomic mass is 32.2. The van der Waals surface area contributed by atoms with Crippen LogP contribution in [0.5, 0.6) is 5.75 Å². The summed E-state index contributed by atoms with van der Waals surface area (Å²) >= 11 is 1.45. The number of aryl methyl sites for hydroxylation is 1. The van der Waals surface area contributed by atoms with Crippen molar-refractivity contribution in [2.45, 2.75) is 18.5 Å². The van der Waals surface area contributed by atoms with Gasteiger partial charge in [-0.3, -0.25) is 14.5 Å². The van der Waals surface area contributed by atoms with Crippen LogP contribution >= 0.6 is 11.8 Å². The zero-order valence-corrected chi connectivity index (χ0v) is 17.6. The molecule has 0 spiro atoms. The topological polar surface area (TPSA) is 76.5 Å². The third kappa shape index (κ3) is 4.04. The number of carbonyl (C=O) groups excluding carboxylic acids is 2. The highest BCUT2D eigenvalue weighted by molar-refractivity contribution is 8.00. The van der Waals surface area contributed by atoms with Gasteiger partial charge in [0.1, 0.15) is 17.3 Å². The molecular formula is C22H22N4O3S. The van der Waals surface area contributed by atoms with E-state index in [0.717, 1.165) is 27.7 Å². The Morgan fingerprint density at radius 1 is 1.20 bits per heavy atom. The first-order valence-electron chi connectivity index (χ1n) is 9.54. The predicted octanol–water partition coefficient (Wildman–Crippen LogP) is 2.94. The number of nitrogens with zero attached hydrogens (tertiary/aromatic N) is 3. The Bertz CT molecular complexity index is 1080. The summed E-state index contributed by atoms with van der Waals surface area (Å²) in [7, 11) is 1.60. The molecule has 0 fully saturated rings. The fourth-order valence-corrected chi connectivity index (χ4v) is 4.44. The molecule has 1 aliphatic rings. The van der Waals surface area contributed by atoms with Gasteiger partial charge in [-0.05, 0) is 36.8 Å². The average molecular weight is 423 g/mol. The normalized spacial score (nSPS) is 13.1. The zero-order valence-electron chi connectivity index (χ0n) is 16.8. The molecule has 0 atom stereocenters. The third-order valence-corrected chi connectivity index (χ3v) is 5.85. The number of thioether (sulfide) groups is 1. The van der Waals surface area contributed by atoms with Crippen molar-refractivity contribution in [2.75, 3.05) is 24.3 Å². The Labute approximate surface area is 179 Å². The minimum atomic E-state index is -0.226. The van der Waals surface area contributed by atoms with Crippen LogP contribution in [0.25, 0.3) is 5.69 Å². The van der Waals surface area contributed by atoms with E-state index in [1.54, 1.807) is 7.11 Å². The molecular weight excluding hydrogens is 400 g/mol. The molecule has 0 saturated carbocycles. The van der Waals surface area contributed by atoms with Gasteiger partial charge in [-0.1, -0.05) is 42.1 Å². The van der Waals surface area contributed by atoms with E-state index in [-0.39, 0.29) is 24.1 Å². The van der Waals surface area contributed by atoms with Gasteiger partial charge >= 0.3 is 0 Å². The molecule has 0 radical (unpaired) electrons.